The number of hydrazone groups is 1. The van der Waals surface area contributed by atoms with E-state index in [1.165, 1.54) is 6.21 Å². The zero-order valence-electron chi connectivity index (χ0n) is 19.3. The molecule has 1 aliphatic rings. The lowest BCUT2D eigenvalue weighted by molar-refractivity contribution is 0.0953. The smallest absolute Gasteiger partial charge is 0.271 e. The van der Waals surface area contributed by atoms with Crippen LogP contribution in [0.5, 0.6) is 11.5 Å². The summed E-state index contributed by atoms with van der Waals surface area (Å²) in [5, 5.41) is 6.08. The predicted molar refractivity (Wildman–Crippen MR) is 136 cm³/mol. The van der Waals surface area contributed by atoms with Crippen LogP contribution in [0.4, 0.5) is 5.69 Å². The van der Waals surface area contributed by atoms with Gasteiger partial charge in [-0.15, -0.1) is 0 Å². The molecule has 0 unspecified atom stereocenters. The molecule has 0 saturated carbocycles. The van der Waals surface area contributed by atoms with Gasteiger partial charge in [0.05, 0.1) is 32.7 Å². The Morgan fingerprint density at radius 1 is 0.943 bits per heavy atom. The molecule has 35 heavy (non-hydrogen) atoms. The monoisotopic (exact) mass is 465 g/mol. The number of methoxy groups -OCH3 is 2. The molecule has 5 rings (SSSR count). The number of ether oxygens (including phenoxy) is 2. The summed E-state index contributed by atoms with van der Waals surface area (Å²) < 4.78 is 10.5. The normalized spacial score (nSPS) is 12.4. The van der Waals surface area contributed by atoms with Crippen molar-refractivity contribution in [1.82, 2.24) is 5.43 Å². The molecule has 0 radical (unpaired) electrons. The van der Waals surface area contributed by atoms with Crippen LogP contribution < -0.4 is 19.8 Å². The van der Waals surface area contributed by atoms with Crippen LogP contribution in [0.3, 0.4) is 0 Å². The van der Waals surface area contributed by atoms with Gasteiger partial charge in [0.1, 0.15) is 0 Å². The highest BCUT2D eigenvalue weighted by Crippen LogP contribution is 2.38. The highest BCUT2D eigenvalue weighted by molar-refractivity contribution is 6.24. The molecule has 1 aliphatic heterocycles. The van der Waals surface area contributed by atoms with E-state index in [9.17, 15) is 9.59 Å². The number of hydrogen-bond donors (Lipinski definition) is 1. The second kappa shape index (κ2) is 9.30. The minimum absolute atomic E-state index is 0.0110. The lowest BCUT2D eigenvalue weighted by atomic mass is 10.1. The van der Waals surface area contributed by atoms with Gasteiger partial charge in [0.2, 0.25) is 0 Å². The number of benzene rings is 4. The fourth-order valence-corrected chi connectivity index (χ4v) is 4.24. The molecule has 0 spiro atoms. The average Bonchev–Trinajstić information content (AvgIpc) is 3.17. The Hall–Kier alpha value is -4.65. The van der Waals surface area contributed by atoms with E-state index >= 15 is 0 Å². The SMILES string of the molecule is COc1ccc(C=NNC(=O)c2ccc(CN3C(=O)c4cccc5cccc3c45)cc2)cc1OC. The summed E-state index contributed by atoms with van der Waals surface area (Å²) in [5.41, 5.74) is 6.31. The molecule has 0 aliphatic carbocycles. The van der Waals surface area contributed by atoms with E-state index in [4.69, 9.17) is 9.47 Å². The first kappa shape index (κ1) is 22.2. The third-order valence-electron chi connectivity index (χ3n) is 5.99. The van der Waals surface area contributed by atoms with E-state index in [0.29, 0.717) is 23.6 Å². The van der Waals surface area contributed by atoms with Crippen molar-refractivity contribution in [3.63, 3.8) is 0 Å². The molecular formula is C28H23N3O4. The molecule has 0 bridgehead atoms. The molecule has 7 nitrogen and oxygen atoms in total. The Balaban J connectivity index is 1.25. The topological polar surface area (TPSA) is 80.2 Å². The van der Waals surface area contributed by atoms with Crippen LogP contribution in [0.15, 0.2) is 84.0 Å². The minimum Gasteiger partial charge on any atom is -0.493 e. The lowest BCUT2D eigenvalue weighted by Gasteiger charge is -2.18. The van der Waals surface area contributed by atoms with Crippen molar-refractivity contribution in [1.29, 1.82) is 0 Å². The van der Waals surface area contributed by atoms with Crippen LogP contribution in [0.1, 0.15) is 31.8 Å². The van der Waals surface area contributed by atoms with Crippen molar-refractivity contribution in [2.24, 2.45) is 5.10 Å². The zero-order chi connectivity index (χ0) is 24.4. The first-order valence-electron chi connectivity index (χ1n) is 11.1. The maximum Gasteiger partial charge on any atom is 0.271 e. The van der Waals surface area contributed by atoms with Gasteiger partial charge < -0.3 is 14.4 Å². The third kappa shape index (κ3) is 4.19. The van der Waals surface area contributed by atoms with Gasteiger partial charge in [-0.25, -0.2) is 5.43 Å². The van der Waals surface area contributed by atoms with Crippen molar-refractivity contribution >= 4 is 34.5 Å². The fraction of sp³-hybridized carbons (Fsp3) is 0.107. The van der Waals surface area contributed by atoms with Gasteiger partial charge in [-0.2, -0.15) is 5.10 Å². The third-order valence-corrected chi connectivity index (χ3v) is 5.99. The van der Waals surface area contributed by atoms with Gasteiger partial charge in [0, 0.05) is 16.5 Å². The zero-order valence-corrected chi connectivity index (χ0v) is 19.3. The maximum atomic E-state index is 13.0. The first-order valence-corrected chi connectivity index (χ1v) is 11.1. The highest BCUT2D eigenvalue weighted by atomic mass is 16.5. The molecule has 2 amide bonds. The van der Waals surface area contributed by atoms with Crippen molar-refractivity contribution in [2.45, 2.75) is 6.54 Å². The van der Waals surface area contributed by atoms with Crippen LogP contribution in [0.2, 0.25) is 0 Å². The molecule has 174 valence electrons. The van der Waals surface area contributed by atoms with Crippen LogP contribution >= 0.6 is 0 Å². The number of carbonyl (C=O) groups is 2. The summed E-state index contributed by atoms with van der Waals surface area (Å²) in [5.74, 6) is 0.852. The van der Waals surface area contributed by atoms with Gasteiger partial charge >= 0.3 is 0 Å². The van der Waals surface area contributed by atoms with Crippen molar-refractivity contribution in [2.75, 3.05) is 19.1 Å². The number of nitrogens with one attached hydrogen (secondary N) is 1. The van der Waals surface area contributed by atoms with Crippen LogP contribution in [-0.2, 0) is 6.54 Å². The van der Waals surface area contributed by atoms with E-state index in [-0.39, 0.29) is 11.8 Å². The Kier molecular flexibility index (Phi) is 5.89. The summed E-state index contributed by atoms with van der Waals surface area (Å²) in [6, 6.07) is 24.2. The summed E-state index contributed by atoms with van der Waals surface area (Å²) in [4.78, 5) is 27.3. The van der Waals surface area contributed by atoms with Gasteiger partial charge in [0.15, 0.2) is 11.5 Å². The Morgan fingerprint density at radius 3 is 2.43 bits per heavy atom. The number of carbonyl (C=O) groups excluding carboxylic acids is 2. The van der Waals surface area contributed by atoms with Crippen molar-refractivity contribution < 1.29 is 19.1 Å². The molecule has 4 aromatic carbocycles. The minimum atomic E-state index is -0.331. The molecule has 1 N–H and O–H groups in total. The number of rotatable bonds is 7. The molecule has 0 saturated heterocycles. The molecule has 0 atom stereocenters. The van der Waals surface area contributed by atoms with E-state index in [1.54, 1.807) is 43.4 Å². The number of anilines is 1. The predicted octanol–water partition coefficient (Wildman–Crippen LogP) is 4.78. The van der Waals surface area contributed by atoms with Crippen molar-refractivity contribution in [3.05, 3.63) is 101 Å². The van der Waals surface area contributed by atoms with Crippen LogP contribution in [-0.4, -0.2) is 32.2 Å². The van der Waals surface area contributed by atoms with E-state index < -0.39 is 0 Å². The van der Waals surface area contributed by atoms with E-state index in [2.05, 4.69) is 10.5 Å². The molecule has 7 heteroatoms. The van der Waals surface area contributed by atoms with Crippen LogP contribution in [0, 0.1) is 0 Å². The van der Waals surface area contributed by atoms with Gasteiger partial charge in [0.25, 0.3) is 11.8 Å². The largest absolute Gasteiger partial charge is 0.493 e. The number of nitrogens with zero attached hydrogens (tertiary/aromatic N) is 2. The van der Waals surface area contributed by atoms with Gasteiger partial charge in [-0.1, -0.05) is 36.4 Å². The van der Waals surface area contributed by atoms with Crippen molar-refractivity contribution in [3.8, 4) is 11.5 Å². The average molecular weight is 466 g/mol. The fourth-order valence-electron chi connectivity index (χ4n) is 4.24. The highest BCUT2D eigenvalue weighted by Gasteiger charge is 2.29. The number of hydrogen-bond acceptors (Lipinski definition) is 5. The summed E-state index contributed by atoms with van der Waals surface area (Å²) in [6.45, 7) is 0.423. The molecule has 1 heterocycles. The molecular weight excluding hydrogens is 442 g/mol. The van der Waals surface area contributed by atoms with E-state index in [0.717, 1.165) is 33.2 Å². The summed E-state index contributed by atoms with van der Waals surface area (Å²) >= 11 is 0. The van der Waals surface area contributed by atoms with Gasteiger partial charge in [-0.05, 0) is 59.0 Å². The quantitative estimate of drug-likeness (QED) is 0.315. The van der Waals surface area contributed by atoms with E-state index in [1.807, 2.05) is 54.6 Å². The first-order chi connectivity index (χ1) is 17.1. The van der Waals surface area contributed by atoms with Gasteiger partial charge in [-0.3, -0.25) is 9.59 Å². The summed E-state index contributed by atoms with van der Waals surface area (Å²) in [6.07, 6.45) is 1.53. The Morgan fingerprint density at radius 2 is 1.69 bits per heavy atom. The second-order valence-electron chi connectivity index (χ2n) is 8.08. The lowest BCUT2D eigenvalue weighted by Crippen LogP contribution is -2.26. The molecule has 0 aromatic heterocycles. The summed E-state index contributed by atoms with van der Waals surface area (Å²) in [7, 11) is 3.13. The Bertz CT molecular complexity index is 1460. The second-order valence-corrected chi connectivity index (χ2v) is 8.08. The maximum absolute atomic E-state index is 13.0. The standard InChI is InChI=1S/C28H23N3O4/c1-34-24-14-11-19(15-25(24)35-2)16-29-30-27(32)21-12-9-18(10-13-21)17-31-23-8-4-6-20-5-3-7-22(26(20)23)28(31)33/h3-16H,17H2,1-2H3,(H,30,32). The molecule has 4 aromatic rings. The number of amides is 2. The Labute approximate surface area is 202 Å². The van der Waals surface area contributed by atoms with Crippen LogP contribution in [0.25, 0.3) is 10.8 Å². The molecule has 0 fully saturated rings.